The van der Waals surface area contributed by atoms with Gasteiger partial charge in [-0.1, -0.05) is 0 Å². The van der Waals surface area contributed by atoms with E-state index in [4.69, 9.17) is 4.74 Å². The molecule has 2 fully saturated rings. The molecule has 3 rings (SSSR count). The van der Waals surface area contributed by atoms with Gasteiger partial charge in [0.05, 0.1) is 6.61 Å². The van der Waals surface area contributed by atoms with Crippen molar-refractivity contribution in [3.05, 3.63) is 12.3 Å². The summed E-state index contributed by atoms with van der Waals surface area (Å²) in [5.41, 5.74) is 0.574. The van der Waals surface area contributed by atoms with E-state index in [2.05, 4.69) is 15.3 Å². The van der Waals surface area contributed by atoms with E-state index in [0.717, 1.165) is 12.5 Å². The summed E-state index contributed by atoms with van der Waals surface area (Å²) in [5.74, 6) is 2.31. The van der Waals surface area contributed by atoms with Gasteiger partial charge in [0.15, 0.2) is 0 Å². The van der Waals surface area contributed by atoms with E-state index >= 15 is 0 Å². The molecule has 2 aliphatic rings. The first-order chi connectivity index (χ1) is 8.32. The van der Waals surface area contributed by atoms with Gasteiger partial charge in [0.2, 0.25) is 11.8 Å². The smallest absolute Gasteiger partial charge is 0.225 e. The molecule has 2 aliphatic carbocycles. The zero-order valence-corrected chi connectivity index (χ0v) is 10.3. The summed E-state index contributed by atoms with van der Waals surface area (Å²) >= 11 is 0. The molecule has 0 unspecified atom stereocenters. The molecule has 0 amide bonds. The average molecular weight is 233 g/mol. The van der Waals surface area contributed by atoms with E-state index in [-0.39, 0.29) is 0 Å². The standard InChI is InChI=1S/C13H19N3O/c1-2-17-11-5-8-14-12(16-11)15-9-13(6-7-13)10-3-4-10/h5,8,10H,2-4,6-7,9H2,1H3,(H,14,15,16). The van der Waals surface area contributed by atoms with Crippen LogP contribution in [-0.4, -0.2) is 23.1 Å². The first-order valence-corrected chi connectivity index (χ1v) is 6.52. The maximum absolute atomic E-state index is 5.36. The fourth-order valence-corrected chi connectivity index (χ4v) is 2.50. The Balaban J connectivity index is 1.59. The molecule has 0 saturated heterocycles. The second kappa shape index (κ2) is 4.17. The number of nitrogens with one attached hydrogen (secondary N) is 1. The largest absolute Gasteiger partial charge is 0.478 e. The topological polar surface area (TPSA) is 47.0 Å². The van der Waals surface area contributed by atoms with Crippen LogP contribution in [0.3, 0.4) is 0 Å². The molecule has 1 aromatic heterocycles. The number of rotatable bonds is 6. The lowest BCUT2D eigenvalue weighted by Crippen LogP contribution is -2.18. The van der Waals surface area contributed by atoms with Crippen molar-refractivity contribution in [2.45, 2.75) is 32.6 Å². The van der Waals surface area contributed by atoms with Crippen molar-refractivity contribution < 1.29 is 4.74 Å². The van der Waals surface area contributed by atoms with Gasteiger partial charge in [-0.2, -0.15) is 4.98 Å². The number of hydrogen-bond donors (Lipinski definition) is 1. The van der Waals surface area contributed by atoms with Crippen LogP contribution in [0.5, 0.6) is 5.88 Å². The van der Waals surface area contributed by atoms with Crippen LogP contribution in [0.25, 0.3) is 0 Å². The van der Waals surface area contributed by atoms with E-state index in [9.17, 15) is 0 Å². The van der Waals surface area contributed by atoms with Crippen molar-refractivity contribution in [2.75, 3.05) is 18.5 Å². The van der Waals surface area contributed by atoms with E-state index in [1.807, 2.05) is 6.92 Å². The molecule has 0 radical (unpaired) electrons. The van der Waals surface area contributed by atoms with Gasteiger partial charge < -0.3 is 10.1 Å². The Kier molecular flexibility index (Phi) is 2.65. The second-order valence-electron chi connectivity index (χ2n) is 5.14. The molecule has 1 aromatic rings. The summed E-state index contributed by atoms with van der Waals surface area (Å²) < 4.78 is 5.36. The second-order valence-corrected chi connectivity index (χ2v) is 5.14. The average Bonchev–Trinajstić information content (AvgIpc) is 3.19. The van der Waals surface area contributed by atoms with Crippen LogP contribution in [0, 0.1) is 11.3 Å². The van der Waals surface area contributed by atoms with Gasteiger partial charge in [0.1, 0.15) is 0 Å². The fourth-order valence-electron chi connectivity index (χ4n) is 2.50. The zero-order chi connectivity index (χ0) is 11.7. The zero-order valence-electron chi connectivity index (χ0n) is 10.3. The van der Waals surface area contributed by atoms with Crippen molar-refractivity contribution in [3.63, 3.8) is 0 Å². The maximum atomic E-state index is 5.36. The summed E-state index contributed by atoms with van der Waals surface area (Å²) in [7, 11) is 0. The first-order valence-electron chi connectivity index (χ1n) is 6.52. The molecular formula is C13H19N3O. The molecule has 0 spiro atoms. The molecule has 2 saturated carbocycles. The molecule has 92 valence electrons. The highest BCUT2D eigenvalue weighted by Crippen LogP contribution is 2.61. The Morgan fingerprint density at radius 2 is 2.29 bits per heavy atom. The molecule has 4 nitrogen and oxygen atoms in total. The van der Waals surface area contributed by atoms with Gasteiger partial charge in [-0.05, 0) is 43.9 Å². The number of ether oxygens (including phenoxy) is 1. The molecule has 1 heterocycles. The molecule has 4 heteroatoms. The van der Waals surface area contributed by atoms with Crippen molar-refractivity contribution in [2.24, 2.45) is 11.3 Å². The van der Waals surface area contributed by atoms with Gasteiger partial charge in [-0.3, -0.25) is 0 Å². The van der Waals surface area contributed by atoms with Crippen molar-refractivity contribution >= 4 is 5.95 Å². The molecule has 0 aromatic carbocycles. The Morgan fingerprint density at radius 3 is 2.94 bits per heavy atom. The minimum Gasteiger partial charge on any atom is -0.478 e. The molecular weight excluding hydrogens is 214 g/mol. The first kappa shape index (κ1) is 10.8. The summed E-state index contributed by atoms with van der Waals surface area (Å²) in [6.45, 7) is 3.62. The van der Waals surface area contributed by atoms with Crippen LogP contribution in [0.2, 0.25) is 0 Å². The predicted molar refractivity (Wildman–Crippen MR) is 66.1 cm³/mol. The number of aromatic nitrogens is 2. The Labute approximate surface area is 102 Å². The van der Waals surface area contributed by atoms with Gasteiger partial charge in [-0.15, -0.1) is 0 Å². The van der Waals surface area contributed by atoms with Crippen LogP contribution in [0.1, 0.15) is 32.6 Å². The highest BCUT2D eigenvalue weighted by Gasteiger charge is 2.53. The lowest BCUT2D eigenvalue weighted by Gasteiger charge is -2.14. The number of anilines is 1. The third-order valence-electron chi connectivity index (χ3n) is 3.86. The lowest BCUT2D eigenvalue weighted by atomic mass is 10.0. The highest BCUT2D eigenvalue weighted by molar-refractivity contribution is 5.29. The summed E-state index contributed by atoms with van der Waals surface area (Å²) in [5, 5.41) is 3.37. The normalized spacial score (nSPS) is 21.0. The van der Waals surface area contributed by atoms with Crippen molar-refractivity contribution in [1.82, 2.24) is 9.97 Å². The molecule has 0 aliphatic heterocycles. The van der Waals surface area contributed by atoms with Crippen LogP contribution in [0.4, 0.5) is 5.95 Å². The Bertz CT molecular complexity index is 399. The Morgan fingerprint density at radius 1 is 1.47 bits per heavy atom. The fraction of sp³-hybridized carbons (Fsp3) is 0.692. The SMILES string of the molecule is CCOc1ccnc(NCC2(C3CC3)CC2)n1. The number of hydrogen-bond acceptors (Lipinski definition) is 4. The van der Waals surface area contributed by atoms with Crippen molar-refractivity contribution in [3.8, 4) is 5.88 Å². The van der Waals surface area contributed by atoms with Crippen LogP contribution >= 0.6 is 0 Å². The molecule has 0 bridgehead atoms. The minimum absolute atomic E-state index is 0.574. The van der Waals surface area contributed by atoms with E-state index in [1.165, 1.54) is 25.7 Å². The van der Waals surface area contributed by atoms with E-state index in [1.54, 1.807) is 12.3 Å². The quantitative estimate of drug-likeness (QED) is 0.820. The lowest BCUT2D eigenvalue weighted by molar-refractivity contribution is 0.326. The summed E-state index contributed by atoms with van der Waals surface area (Å²) in [4.78, 5) is 8.56. The van der Waals surface area contributed by atoms with Gasteiger partial charge in [-0.25, -0.2) is 4.98 Å². The van der Waals surface area contributed by atoms with Gasteiger partial charge in [0, 0.05) is 18.8 Å². The van der Waals surface area contributed by atoms with Crippen LogP contribution < -0.4 is 10.1 Å². The summed E-state index contributed by atoms with van der Waals surface area (Å²) in [6.07, 6.45) is 7.33. The van der Waals surface area contributed by atoms with Crippen molar-refractivity contribution in [1.29, 1.82) is 0 Å². The predicted octanol–water partition coefficient (Wildman–Crippen LogP) is 2.48. The maximum Gasteiger partial charge on any atom is 0.225 e. The van der Waals surface area contributed by atoms with Crippen LogP contribution in [0.15, 0.2) is 12.3 Å². The molecule has 1 N–H and O–H groups in total. The third-order valence-corrected chi connectivity index (χ3v) is 3.86. The summed E-state index contributed by atoms with van der Waals surface area (Å²) in [6, 6.07) is 1.79. The number of nitrogens with zero attached hydrogens (tertiary/aromatic N) is 2. The third kappa shape index (κ3) is 2.35. The minimum atomic E-state index is 0.574. The van der Waals surface area contributed by atoms with E-state index < -0.39 is 0 Å². The highest BCUT2D eigenvalue weighted by atomic mass is 16.5. The molecule has 17 heavy (non-hydrogen) atoms. The Hall–Kier alpha value is -1.32. The monoisotopic (exact) mass is 233 g/mol. The van der Waals surface area contributed by atoms with Crippen LogP contribution in [-0.2, 0) is 0 Å². The van der Waals surface area contributed by atoms with E-state index in [0.29, 0.717) is 23.9 Å². The van der Waals surface area contributed by atoms with Gasteiger partial charge >= 0.3 is 0 Å². The molecule has 0 atom stereocenters. The van der Waals surface area contributed by atoms with Gasteiger partial charge in [0.25, 0.3) is 0 Å².